The molecule has 100 valence electrons. The van der Waals surface area contributed by atoms with Gasteiger partial charge in [0.05, 0.1) is 19.6 Å². The number of aromatic nitrogens is 2. The van der Waals surface area contributed by atoms with Crippen LogP contribution < -0.4 is 5.32 Å². The van der Waals surface area contributed by atoms with E-state index in [1.165, 1.54) is 0 Å². The zero-order valence-electron chi connectivity index (χ0n) is 10.6. The first kappa shape index (κ1) is 13.0. The van der Waals surface area contributed by atoms with Crippen molar-refractivity contribution < 1.29 is 18.8 Å². The van der Waals surface area contributed by atoms with E-state index in [0.29, 0.717) is 37.9 Å². The quantitative estimate of drug-likeness (QED) is 0.808. The number of nitrogens with zero attached hydrogens (tertiary/aromatic N) is 2. The van der Waals surface area contributed by atoms with Gasteiger partial charge in [0.15, 0.2) is 11.6 Å². The predicted octanol–water partition coefficient (Wildman–Crippen LogP) is 0.190. The van der Waals surface area contributed by atoms with E-state index in [0.717, 1.165) is 0 Å². The summed E-state index contributed by atoms with van der Waals surface area (Å²) in [4.78, 5) is 15.5. The van der Waals surface area contributed by atoms with Crippen LogP contribution in [-0.2, 0) is 20.7 Å². The van der Waals surface area contributed by atoms with Crippen molar-refractivity contribution in [2.75, 3.05) is 19.8 Å². The summed E-state index contributed by atoms with van der Waals surface area (Å²) in [7, 11) is 0. The highest BCUT2D eigenvalue weighted by atomic mass is 16.7. The molecular weight excluding hydrogens is 238 g/mol. The van der Waals surface area contributed by atoms with Crippen molar-refractivity contribution in [1.29, 1.82) is 0 Å². The fourth-order valence-corrected chi connectivity index (χ4v) is 1.75. The Morgan fingerprint density at radius 2 is 2.17 bits per heavy atom. The maximum absolute atomic E-state index is 11.6. The number of carbonyl (C=O) groups excluding carboxylic acids is 1. The minimum Gasteiger partial charge on any atom is -0.356 e. The molecule has 0 saturated carbocycles. The summed E-state index contributed by atoms with van der Waals surface area (Å²) in [5, 5.41) is 6.43. The van der Waals surface area contributed by atoms with Gasteiger partial charge in [0, 0.05) is 19.9 Å². The van der Waals surface area contributed by atoms with E-state index >= 15 is 0 Å². The molecule has 1 aliphatic rings. The molecule has 1 amide bonds. The highest BCUT2D eigenvalue weighted by Gasteiger charge is 2.30. The molecule has 2 heterocycles. The van der Waals surface area contributed by atoms with E-state index < -0.39 is 5.79 Å². The maximum atomic E-state index is 11.6. The van der Waals surface area contributed by atoms with Crippen LogP contribution in [-0.4, -0.2) is 41.6 Å². The third-order valence-corrected chi connectivity index (χ3v) is 2.69. The fraction of sp³-hybridized carbons (Fsp3) is 0.727. The van der Waals surface area contributed by atoms with Crippen LogP contribution in [0, 0.1) is 6.92 Å². The Kier molecular flexibility index (Phi) is 3.93. The molecule has 1 N–H and O–H groups in total. The Morgan fingerprint density at radius 1 is 1.44 bits per heavy atom. The van der Waals surface area contributed by atoms with Gasteiger partial charge in [-0.05, 0) is 6.92 Å². The van der Waals surface area contributed by atoms with Crippen LogP contribution in [0.3, 0.4) is 0 Å². The van der Waals surface area contributed by atoms with Gasteiger partial charge >= 0.3 is 0 Å². The Balaban J connectivity index is 1.69. The Bertz CT molecular complexity index is 412. The first-order valence-electron chi connectivity index (χ1n) is 5.91. The van der Waals surface area contributed by atoms with Crippen molar-refractivity contribution in [1.82, 2.24) is 15.5 Å². The molecule has 18 heavy (non-hydrogen) atoms. The van der Waals surface area contributed by atoms with Crippen molar-refractivity contribution in [2.24, 2.45) is 0 Å². The predicted molar refractivity (Wildman–Crippen MR) is 60.7 cm³/mol. The van der Waals surface area contributed by atoms with Crippen molar-refractivity contribution in [3.63, 3.8) is 0 Å². The third kappa shape index (κ3) is 3.51. The number of carbonyl (C=O) groups is 1. The van der Waals surface area contributed by atoms with E-state index in [4.69, 9.17) is 14.0 Å². The van der Waals surface area contributed by atoms with Crippen LogP contribution in [0.2, 0.25) is 0 Å². The van der Waals surface area contributed by atoms with E-state index in [1.54, 1.807) is 6.92 Å². The molecule has 0 bridgehead atoms. The van der Waals surface area contributed by atoms with Crippen molar-refractivity contribution >= 4 is 5.91 Å². The number of ether oxygens (including phenoxy) is 2. The molecule has 0 atom stereocenters. The molecule has 0 spiro atoms. The summed E-state index contributed by atoms with van der Waals surface area (Å²) >= 11 is 0. The maximum Gasteiger partial charge on any atom is 0.227 e. The number of nitrogens with one attached hydrogen (secondary N) is 1. The zero-order chi connectivity index (χ0) is 13.0. The Morgan fingerprint density at radius 3 is 2.78 bits per heavy atom. The number of rotatable bonds is 5. The summed E-state index contributed by atoms with van der Waals surface area (Å²) in [6, 6.07) is 0. The monoisotopic (exact) mass is 255 g/mol. The Labute approximate surface area is 105 Å². The topological polar surface area (TPSA) is 86.5 Å². The van der Waals surface area contributed by atoms with E-state index in [9.17, 15) is 4.79 Å². The van der Waals surface area contributed by atoms with Crippen molar-refractivity contribution in [2.45, 2.75) is 32.5 Å². The molecule has 0 radical (unpaired) electrons. The standard InChI is InChI=1S/C11H17N3O4/c1-8-13-9(14-18-8)7-10(15)12-4-3-11(2)16-5-6-17-11/h3-7H2,1-2H3,(H,12,15). The van der Waals surface area contributed by atoms with Crippen LogP contribution in [0.25, 0.3) is 0 Å². The lowest BCUT2D eigenvalue weighted by atomic mass is 10.2. The number of aryl methyl sites for hydroxylation is 1. The minimum atomic E-state index is -0.573. The van der Waals surface area contributed by atoms with Crippen LogP contribution >= 0.6 is 0 Å². The van der Waals surface area contributed by atoms with Gasteiger partial charge in [-0.2, -0.15) is 4.98 Å². The van der Waals surface area contributed by atoms with Crippen LogP contribution in [0.4, 0.5) is 0 Å². The average molecular weight is 255 g/mol. The molecule has 1 saturated heterocycles. The molecule has 1 fully saturated rings. The summed E-state index contributed by atoms with van der Waals surface area (Å²) in [5.74, 6) is 0.135. The number of hydrogen-bond acceptors (Lipinski definition) is 6. The van der Waals surface area contributed by atoms with Gasteiger partial charge in [-0.3, -0.25) is 4.79 Å². The van der Waals surface area contributed by atoms with Gasteiger partial charge < -0.3 is 19.3 Å². The van der Waals surface area contributed by atoms with Crippen LogP contribution in [0.1, 0.15) is 25.1 Å². The lowest BCUT2D eigenvalue weighted by Gasteiger charge is -2.21. The van der Waals surface area contributed by atoms with Crippen LogP contribution in [0.15, 0.2) is 4.52 Å². The average Bonchev–Trinajstić information content (AvgIpc) is 2.88. The third-order valence-electron chi connectivity index (χ3n) is 2.69. The lowest BCUT2D eigenvalue weighted by Crippen LogP contribution is -2.34. The molecule has 7 nitrogen and oxygen atoms in total. The van der Waals surface area contributed by atoms with E-state index in [1.807, 2.05) is 6.92 Å². The van der Waals surface area contributed by atoms with Crippen molar-refractivity contribution in [3.05, 3.63) is 11.7 Å². The van der Waals surface area contributed by atoms with Crippen LogP contribution in [0.5, 0.6) is 0 Å². The van der Waals surface area contributed by atoms with Gasteiger partial charge in [0.2, 0.25) is 11.8 Å². The largest absolute Gasteiger partial charge is 0.356 e. The number of hydrogen-bond donors (Lipinski definition) is 1. The second-order valence-corrected chi connectivity index (χ2v) is 4.34. The van der Waals surface area contributed by atoms with Gasteiger partial charge in [-0.25, -0.2) is 0 Å². The molecule has 0 aliphatic carbocycles. The summed E-state index contributed by atoms with van der Waals surface area (Å²) in [5.41, 5.74) is 0. The second-order valence-electron chi connectivity index (χ2n) is 4.34. The molecule has 1 aromatic heterocycles. The minimum absolute atomic E-state index is 0.121. The van der Waals surface area contributed by atoms with Gasteiger partial charge in [0.25, 0.3) is 0 Å². The molecule has 7 heteroatoms. The highest BCUT2D eigenvalue weighted by Crippen LogP contribution is 2.21. The zero-order valence-corrected chi connectivity index (χ0v) is 10.6. The molecule has 2 rings (SSSR count). The summed E-state index contributed by atoms with van der Waals surface area (Å²) in [6.07, 6.45) is 0.736. The lowest BCUT2D eigenvalue weighted by molar-refractivity contribution is -0.146. The number of amides is 1. The molecule has 0 aromatic carbocycles. The second kappa shape index (κ2) is 5.45. The first-order valence-corrected chi connectivity index (χ1v) is 5.91. The molecule has 0 unspecified atom stereocenters. The SMILES string of the molecule is Cc1nc(CC(=O)NCCC2(C)OCCO2)no1. The fourth-order valence-electron chi connectivity index (χ4n) is 1.75. The van der Waals surface area contributed by atoms with Crippen molar-refractivity contribution in [3.8, 4) is 0 Å². The van der Waals surface area contributed by atoms with E-state index in [-0.39, 0.29) is 12.3 Å². The smallest absolute Gasteiger partial charge is 0.227 e. The Hall–Kier alpha value is -1.47. The normalized spacial score (nSPS) is 17.9. The van der Waals surface area contributed by atoms with E-state index in [2.05, 4.69) is 15.5 Å². The molecule has 1 aromatic rings. The van der Waals surface area contributed by atoms with Gasteiger partial charge in [-0.1, -0.05) is 5.16 Å². The van der Waals surface area contributed by atoms with Gasteiger partial charge in [-0.15, -0.1) is 0 Å². The molecule has 1 aliphatic heterocycles. The van der Waals surface area contributed by atoms with Gasteiger partial charge in [0.1, 0.15) is 0 Å². The first-order chi connectivity index (χ1) is 8.57. The highest BCUT2D eigenvalue weighted by molar-refractivity contribution is 5.77. The summed E-state index contributed by atoms with van der Waals surface area (Å²) in [6.45, 7) is 5.25. The summed E-state index contributed by atoms with van der Waals surface area (Å²) < 4.78 is 15.6. The molecular formula is C11H17N3O4.